The Kier molecular flexibility index (Phi) is 3.30. The minimum absolute atomic E-state index is 0.201. The Hall–Kier alpha value is -1.75. The third-order valence-corrected chi connectivity index (χ3v) is 2.01. The SMILES string of the molecule is C#Cc1cc(CCC)ccc1C(=O)O. The highest BCUT2D eigenvalue weighted by atomic mass is 16.4. The molecular weight excluding hydrogens is 176 g/mol. The zero-order valence-corrected chi connectivity index (χ0v) is 8.08. The summed E-state index contributed by atoms with van der Waals surface area (Å²) in [6.07, 6.45) is 7.19. The van der Waals surface area contributed by atoms with Crippen molar-refractivity contribution in [2.45, 2.75) is 19.8 Å². The molecule has 0 amide bonds. The predicted octanol–water partition coefficient (Wildman–Crippen LogP) is 2.32. The summed E-state index contributed by atoms with van der Waals surface area (Å²) in [7, 11) is 0. The number of benzene rings is 1. The van der Waals surface area contributed by atoms with Gasteiger partial charge in [0.25, 0.3) is 0 Å². The molecule has 0 radical (unpaired) electrons. The van der Waals surface area contributed by atoms with Crippen molar-refractivity contribution < 1.29 is 9.90 Å². The lowest BCUT2D eigenvalue weighted by molar-refractivity contribution is 0.0696. The first kappa shape index (κ1) is 10.3. The number of carbonyl (C=O) groups is 1. The van der Waals surface area contributed by atoms with E-state index in [-0.39, 0.29) is 5.56 Å². The molecule has 2 heteroatoms. The van der Waals surface area contributed by atoms with E-state index in [1.165, 1.54) is 0 Å². The maximum absolute atomic E-state index is 10.8. The van der Waals surface area contributed by atoms with Crippen LogP contribution in [0.15, 0.2) is 18.2 Å². The van der Waals surface area contributed by atoms with Crippen molar-refractivity contribution >= 4 is 5.97 Å². The molecule has 0 saturated carbocycles. The van der Waals surface area contributed by atoms with Crippen LogP contribution in [0.4, 0.5) is 0 Å². The summed E-state index contributed by atoms with van der Waals surface area (Å²) in [5.41, 5.74) is 1.75. The summed E-state index contributed by atoms with van der Waals surface area (Å²) in [4.78, 5) is 10.8. The van der Waals surface area contributed by atoms with Crippen LogP contribution in [0.3, 0.4) is 0 Å². The van der Waals surface area contributed by atoms with Gasteiger partial charge in [0.2, 0.25) is 0 Å². The van der Waals surface area contributed by atoms with Gasteiger partial charge in [0, 0.05) is 5.56 Å². The molecule has 1 N–H and O–H groups in total. The highest BCUT2D eigenvalue weighted by Crippen LogP contribution is 2.12. The van der Waals surface area contributed by atoms with Gasteiger partial charge in [-0.2, -0.15) is 0 Å². The van der Waals surface area contributed by atoms with E-state index in [4.69, 9.17) is 11.5 Å². The lowest BCUT2D eigenvalue weighted by atomic mass is 10.0. The molecule has 14 heavy (non-hydrogen) atoms. The van der Waals surface area contributed by atoms with Crippen LogP contribution in [-0.2, 0) is 6.42 Å². The van der Waals surface area contributed by atoms with Gasteiger partial charge < -0.3 is 5.11 Å². The quantitative estimate of drug-likeness (QED) is 0.739. The second-order valence-electron chi connectivity index (χ2n) is 3.08. The van der Waals surface area contributed by atoms with Crippen LogP contribution in [0.2, 0.25) is 0 Å². The zero-order valence-electron chi connectivity index (χ0n) is 8.08. The molecule has 0 aromatic heterocycles. The molecule has 0 bridgehead atoms. The Morgan fingerprint density at radius 3 is 2.79 bits per heavy atom. The number of rotatable bonds is 3. The topological polar surface area (TPSA) is 37.3 Å². The van der Waals surface area contributed by atoms with Gasteiger partial charge in [-0.1, -0.05) is 25.3 Å². The number of aryl methyl sites for hydroxylation is 1. The number of aromatic carboxylic acids is 1. The van der Waals surface area contributed by atoms with E-state index in [9.17, 15) is 4.79 Å². The molecule has 1 aromatic rings. The van der Waals surface area contributed by atoms with E-state index in [1.807, 2.05) is 6.07 Å². The summed E-state index contributed by atoms with van der Waals surface area (Å²) in [6, 6.07) is 5.16. The van der Waals surface area contributed by atoms with Gasteiger partial charge >= 0.3 is 5.97 Å². The van der Waals surface area contributed by atoms with E-state index in [0.29, 0.717) is 5.56 Å². The first-order chi connectivity index (χ1) is 6.69. The molecule has 0 unspecified atom stereocenters. The molecule has 1 aromatic carbocycles. The Morgan fingerprint density at radius 1 is 1.57 bits per heavy atom. The largest absolute Gasteiger partial charge is 0.478 e. The van der Waals surface area contributed by atoms with Crippen molar-refractivity contribution in [1.82, 2.24) is 0 Å². The molecule has 72 valence electrons. The van der Waals surface area contributed by atoms with Gasteiger partial charge in [0.05, 0.1) is 5.56 Å². The van der Waals surface area contributed by atoms with Crippen molar-refractivity contribution in [1.29, 1.82) is 0 Å². The summed E-state index contributed by atoms with van der Waals surface area (Å²) in [5, 5.41) is 8.82. The lowest BCUT2D eigenvalue weighted by Crippen LogP contribution is -2.00. The minimum atomic E-state index is -0.971. The first-order valence-electron chi connectivity index (χ1n) is 4.52. The molecule has 0 heterocycles. The standard InChI is InChI=1S/C12H12O2/c1-3-5-9-6-7-11(12(13)14)10(4-2)8-9/h2,6-8H,3,5H2,1H3,(H,13,14). The molecule has 0 aliphatic rings. The van der Waals surface area contributed by atoms with Gasteiger partial charge in [-0.15, -0.1) is 6.42 Å². The average molecular weight is 188 g/mol. The molecule has 0 fully saturated rings. The number of hydrogen-bond donors (Lipinski definition) is 1. The highest BCUT2D eigenvalue weighted by molar-refractivity contribution is 5.90. The van der Waals surface area contributed by atoms with Crippen LogP contribution < -0.4 is 0 Å². The molecule has 0 aliphatic carbocycles. The Morgan fingerprint density at radius 2 is 2.29 bits per heavy atom. The molecule has 1 rings (SSSR count). The Bertz CT molecular complexity index is 386. The van der Waals surface area contributed by atoms with Crippen molar-refractivity contribution in [2.24, 2.45) is 0 Å². The second-order valence-corrected chi connectivity index (χ2v) is 3.08. The van der Waals surface area contributed by atoms with Crippen LogP contribution >= 0.6 is 0 Å². The van der Waals surface area contributed by atoms with E-state index in [2.05, 4.69) is 12.8 Å². The summed E-state index contributed by atoms with van der Waals surface area (Å²) in [5.74, 6) is 1.42. The molecule has 0 saturated heterocycles. The zero-order chi connectivity index (χ0) is 10.6. The number of hydrogen-bond acceptors (Lipinski definition) is 1. The van der Waals surface area contributed by atoms with E-state index < -0.39 is 5.97 Å². The van der Waals surface area contributed by atoms with Crippen molar-refractivity contribution in [3.05, 3.63) is 34.9 Å². The fourth-order valence-corrected chi connectivity index (χ4v) is 1.34. The maximum Gasteiger partial charge on any atom is 0.336 e. The van der Waals surface area contributed by atoms with Crippen LogP contribution in [0.5, 0.6) is 0 Å². The first-order valence-corrected chi connectivity index (χ1v) is 4.52. The van der Waals surface area contributed by atoms with E-state index >= 15 is 0 Å². The fourth-order valence-electron chi connectivity index (χ4n) is 1.34. The normalized spacial score (nSPS) is 9.43. The van der Waals surface area contributed by atoms with Crippen molar-refractivity contribution in [2.75, 3.05) is 0 Å². The van der Waals surface area contributed by atoms with Gasteiger partial charge in [-0.25, -0.2) is 4.79 Å². The molecule has 0 atom stereocenters. The van der Waals surface area contributed by atoms with Gasteiger partial charge in [0.15, 0.2) is 0 Å². The third kappa shape index (κ3) is 2.14. The number of carboxylic acid groups (broad SMARTS) is 1. The fraction of sp³-hybridized carbons (Fsp3) is 0.250. The van der Waals surface area contributed by atoms with E-state index in [0.717, 1.165) is 18.4 Å². The minimum Gasteiger partial charge on any atom is -0.478 e. The Balaban J connectivity index is 3.13. The van der Waals surface area contributed by atoms with Gasteiger partial charge in [0.1, 0.15) is 0 Å². The summed E-state index contributed by atoms with van der Waals surface area (Å²) < 4.78 is 0. The van der Waals surface area contributed by atoms with Crippen molar-refractivity contribution in [3.63, 3.8) is 0 Å². The third-order valence-electron chi connectivity index (χ3n) is 2.01. The van der Waals surface area contributed by atoms with Crippen LogP contribution in [-0.4, -0.2) is 11.1 Å². The lowest BCUT2D eigenvalue weighted by Gasteiger charge is -2.03. The van der Waals surface area contributed by atoms with Crippen LogP contribution in [0, 0.1) is 12.3 Å². The molecule has 0 aliphatic heterocycles. The van der Waals surface area contributed by atoms with Gasteiger partial charge in [-0.3, -0.25) is 0 Å². The maximum atomic E-state index is 10.8. The second kappa shape index (κ2) is 4.48. The van der Waals surface area contributed by atoms with E-state index in [1.54, 1.807) is 12.1 Å². The Labute approximate surface area is 83.6 Å². The molecule has 0 spiro atoms. The molecule has 2 nitrogen and oxygen atoms in total. The monoisotopic (exact) mass is 188 g/mol. The predicted molar refractivity (Wildman–Crippen MR) is 55.3 cm³/mol. The molecular formula is C12H12O2. The smallest absolute Gasteiger partial charge is 0.336 e. The van der Waals surface area contributed by atoms with Gasteiger partial charge in [-0.05, 0) is 24.1 Å². The summed E-state index contributed by atoms with van der Waals surface area (Å²) >= 11 is 0. The van der Waals surface area contributed by atoms with Crippen LogP contribution in [0.1, 0.15) is 34.8 Å². The summed E-state index contributed by atoms with van der Waals surface area (Å²) in [6.45, 7) is 2.07. The van der Waals surface area contributed by atoms with Crippen molar-refractivity contribution in [3.8, 4) is 12.3 Å². The number of carboxylic acids is 1. The highest BCUT2D eigenvalue weighted by Gasteiger charge is 2.08. The number of terminal acetylenes is 1. The average Bonchev–Trinajstić information content (AvgIpc) is 2.17. The van der Waals surface area contributed by atoms with Crippen LogP contribution in [0.25, 0.3) is 0 Å².